The first-order chi connectivity index (χ1) is 15.4. The average molecular weight is 455 g/mol. The largest absolute Gasteiger partial charge is 0.396 e. The second kappa shape index (κ2) is 7.28. The number of aliphatic hydroxyl groups excluding tert-OH is 1. The first-order valence-electron chi connectivity index (χ1n) is 13.7. The molecule has 184 valence electrons. The van der Waals surface area contributed by atoms with Crippen LogP contribution in [0.5, 0.6) is 0 Å². The van der Waals surface area contributed by atoms with Crippen LogP contribution in [0.25, 0.3) is 0 Å². The Hall–Kier alpha value is -0.960. The van der Waals surface area contributed by atoms with Crippen molar-refractivity contribution in [3.63, 3.8) is 0 Å². The Balaban J connectivity index is 1.56. The third-order valence-corrected chi connectivity index (χ3v) is 13.0. The Morgan fingerprint density at radius 3 is 2.39 bits per heavy atom. The third-order valence-electron chi connectivity index (χ3n) is 13.0. The number of hydrogen-bond donors (Lipinski definition) is 1. The molecule has 9 atom stereocenters. The predicted molar refractivity (Wildman–Crippen MR) is 131 cm³/mol. The number of hydrogen-bond acceptors (Lipinski definition) is 3. The van der Waals surface area contributed by atoms with Gasteiger partial charge in [-0.05, 0) is 91.3 Å². The van der Waals surface area contributed by atoms with E-state index in [1.165, 1.54) is 31.3 Å². The van der Waals surface area contributed by atoms with Crippen LogP contribution in [0.1, 0.15) is 99.3 Å². The van der Waals surface area contributed by atoms with Crippen molar-refractivity contribution in [3.8, 4) is 0 Å². The van der Waals surface area contributed by atoms with E-state index >= 15 is 0 Å². The molecule has 0 saturated heterocycles. The van der Waals surface area contributed by atoms with Crippen molar-refractivity contribution in [2.75, 3.05) is 6.61 Å². The monoisotopic (exact) mass is 454 g/mol. The van der Waals surface area contributed by atoms with Gasteiger partial charge in [-0.1, -0.05) is 53.2 Å². The minimum absolute atomic E-state index is 0.0466. The summed E-state index contributed by atoms with van der Waals surface area (Å²) in [6.07, 6.45) is 13.2. The van der Waals surface area contributed by atoms with Crippen molar-refractivity contribution in [1.29, 1.82) is 0 Å². The molecular weight excluding hydrogens is 408 g/mol. The van der Waals surface area contributed by atoms with Crippen molar-refractivity contribution in [3.05, 3.63) is 11.6 Å². The molecule has 3 nitrogen and oxygen atoms in total. The van der Waals surface area contributed by atoms with E-state index in [-0.39, 0.29) is 39.6 Å². The van der Waals surface area contributed by atoms with Crippen molar-refractivity contribution in [2.24, 2.45) is 56.7 Å². The van der Waals surface area contributed by atoms with E-state index in [1.54, 1.807) is 0 Å². The third kappa shape index (κ3) is 2.78. The molecule has 0 aromatic carbocycles. The molecule has 3 heteroatoms. The molecule has 0 aliphatic heterocycles. The van der Waals surface area contributed by atoms with Crippen molar-refractivity contribution < 1.29 is 14.7 Å². The van der Waals surface area contributed by atoms with Crippen LogP contribution in [0, 0.1) is 56.7 Å². The molecule has 0 aromatic heterocycles. The lowest BCUT2D eigenvalue weighted by atomic mass is 9.32. The highest BCUT2D eigenvalue weighted by Gasteiger charge is 2.70. The standard InChI is InChI=1S/C30H46O3/c1-19(17-31)20-9-14-30(18-32)16-15-28(5)21(25(20)30)7-8-23-27(4)12-11-24(33)26(2,3)22(27)10-13-29(23,28)6/h9,17,19,21-23,25,32H,7-8,10-16,18H2,1-6H3. The van der Waals surface area contributed by atoms with Gasteiger partial charge in [-0.15, -0.1) is 0 Å². The molecule has 4 fully saturated rings. The number of Topliss-reactive ketones (excluding diaryl/α,β-unsaturated/α-hetero) is 1. The summed E-state index contributed by atoms with van der Waals surface area (Å²) in [7, 11) is 0. The van der Waals surface area contributed by atoms with Gasteiger partial charge in [0.05, 0.1) is 0 Å². The van der Waals surface area contributed by atoms with Gasteiger partial charge in [-0.2, -0.15) is 0 Å². The summed E-state index contributed by atoms with van der Waals surface area (Å²) in [5.41, 5.74) is 1.75. The van der Waals surface area contributed by atoms with Gasteiger partial charge in [0.2, 0.25) is 0 Å². The van der Waals surface area contributed by atoms with Gasteiger partial charge >= 0.3 is 0 Å². The first-order valence-corrected chi connectivity index (χ1v) is 13.7. The zero-order chi connectivity index (χ0) is 24.0. The summed E-state index contributed by atoms with van der Waals surface area (Å²) in [5, 5.41) is 10.6. The summed E-state index contributed by atoms with van der Waals surface area (Å²) in [6.45, 7) is 14.5. The van der Waals surface area contributed by atoms with Gasteiger partial charge in [0.15, 0.2) is 0 Å². The number of aldehydes is 1. The molecule has 5 aliphatic carbocycles. The normalized spacial score (nSPS) is 51.5. The van der Waals surface area contributed by atoms with E-state index in [9.17, 15) is 14.7 Å². The number of carbonyl (C=O) groups excluding carboxylic acids is 2. The lowest BCUT2D eigenvalue weighted by Crippen LogP contribution is -2.66. The minimum atomic E-state index is -0.203. The number of aliphatic hydroxyl groups is 1. The van der Waals surface area contributed by atoms with Crippen LogP contribution < -0.4 is 0 Å². The highest BCUT2D eigenvalue weighted by atomic mass is 16.3. The number of ketones is 1. The Kier molecular flexibility index (Phi) is 5.24. The quantitative estimate of drug-likeness (QED) is 0.397. The molecule has 33 heavy (non-hydrogen) atoms. The lowest BCUT2D eigenvalue weighted by molar-refractivity contribution is -0.231. The Labute approximate surface area is 201 Å². The maximum atomic E-state index is 12.9. The van der Waals surface area contributed by atoms with Gasteiger partial charge in [-0.3, -0.25) is 4.79 Å². The van der Waals surface area contributed by atoms with Crippen LogP contribution in [-0.2, 0) is 9.59 Å². The van der Waals surface area contributed by atoms with E-state index < -0.39 is 0 Å². The van der Waals surface area contributed by atoms with Gasteiger partial charge in [-0.25, -0.2) is 0 Å². The summed E-state index contributed by atoms with van der Waals surface area (Å²) in [5.74, 6) is 2.44. The first kappa shape index (κ1) is 23.8. The Morgan fingerprint density at radius 1 is 1.00 bits per heavy atom. The van der Waals surface area contributed by atoms with Gasteiger partial charge < -0.3 is 9.90 Å². The molecule has 0 heterocycles. The molecule has 5 rings (SSSR count). The van der Waals surface area contributed by atoms with E-state index in [0.717, 1.165) is 38.4 Å². The van der Waals surface area contributed by atoms with Crippen molar-refractivity contribution in [1.82, 2.24) is 0 Å². The zero-order valence-electron chi connectivity index (χ0n) is 21.9. The second-order valence-electron chi connectivity index (χ2n) is 14.1. The minimum Gasteiger partial charge on any atom is -0.396 e. The van der Waals surface area contributed by atoms with E-state index in [0.29, 0.717) is 29.5 Å². The van der Waals surface area contributed by atoms with Gasteiger partial charge in [0.1, 0.15) is 12.1 Å². The number of carbonyl (C=O) groups is 2. The maximum Gasteiger partial charge on any atom is 0.138 e. The highest BCUT2D eigenvalue weighted by Crippen LogP contribution is 2.76. The molecule has 0 bridgehead atoms. The molecule has 0 aromatic rings. The predicted octanol–water partition coefficient (Wildman–Crippen LogP) is 6.38. The molecule has 5 aliphatic rings. The number of allylic oxidation sites excluding steroid dienone is 2. The molecule has 0 radical (unpaired) electrons. The number of rotatable bonds is 3. The SMILES string of the molecule is CC(C=O)C1=CCC2(CO)CCC3(C)C(CCC4C5(C)CCC(=O)C(C)(C)C5CCC43C)C12. The second-order valence-corrected chi connectivity index (χ2v) is 14.1. The smallest absolute Gasteiger partial charge is 0.138 e. The van der Waals surface area contributed by atoms with Gasteiger partial charge in [0, 0.05) is 29.8 Å². The fourth-order valence-corrected chi connectivity index (χ4v) is 10.9. The Bertz CT molecular complexity index is 887. The van der Waals surface area contributed by atoms with E-state index in [2.05, 4.69) is 47.6 Å². The summed E-state index contributed by atoms with van der Waals surface area (Å²) in [6, 6.07) is 0. The Morgan fingerprint density at radius 2 is 1.73 bits per heavy atom. The fraction of sp³-hybridized carbons (Fsp3) is 0.867. The fourth-order valence-electron chi connectivity index (χ4n) is 10.9. The molecule has 9 unspecified atom stereocenters. The van der Waals surface area contributed by atoms with Crippen LogP contribution in [0.4, 0.5) is 0 Å². The maximum absolute atomic E-state index is 12.9. The summed E-state index contributed by atoms with van der Waals surface area (Å²) < 4.78 is 0. The zero-order valence-corrected chi connectivity index (χ0v) is 21.9. The number of fused-ring (bicyclic) bond motifs is 7. The highest BCUT2D eigenvalue weighted by molar-refractivity contribution is 5.85. The molecule has 0 spiro atoms. The van der Waals surface area contributed by atoms with E-state index in [4.69, 9.17) is 0 Å². The van der Waals surface area contributed by atoms with Crippen LogP contribution in [0.3, 0.4) is 0 Å². The van der Waals surface area contributed by atoms with Crippen LogP contribution in [0.15, 0.2) is 11.6 Å². The summed E-state index contributed by atoms with van der Waals surface area (Å²) >= 11 is 0. The average Bonchev–Trinajstić information content (AvgIpc) is 3.17. The van der Waals surface area contributed by atoms with Crippen molar-refractivity contribution in [2.45, 2.75) is 99.3 Å². The van der Waals surface area contributed by atoms with Crippen LogP contribution in [0.2, 0.25) is 0 Å². The summed E-state index contributed by atoms with van der Waals surface area (Å²) in [4.78, 5) is 24.8. The van der Waals surface area contributed by atoms with Crippen LogP contribution >= 0.6 is 0 Å². The molecule has 1 N–H and O–H groups in total. The van der Waals surface area contributed by atoms with Crippen molar-refractivity contribution >= 4 is 12.1 Å². The molecular formula is C30H46O3. The topological polar surface area (TPSA) is 54.4 Å². The van der Waals surface area contributed by atoms with Crippen LogP contribution in [-0.4, -0.2) is 23.8 Å². The van der Waals surface area contributed by atoms with Gasteiger partial charge in [0.25, 0.3) is 0 Å². The lowest BCUT2D eigenvalue weighted by Gasteiger charge is -2.72. The van der Waals surface area contributed by atoms with E-state index in [1.807, 2.05) is 0 Å². The molecule has 0 amide bonds. The molecule has 4 saturated carbocycles.